The van der Waals surface area contributed by atoms with Crippen LogP contribution in [-0.4, -0.2) is 19.6 Å². The minimum absolute atomic E-state index is 0.181. The van der Waals surface area contributed by atoms with Crippen molar-refractivity contribution >= 4 is 69.0 Å². The lowest BCUT2D eigenvalue weighted by Crippen LogP contribution is -2.20. The zero-order chi connectivity index (χ0) is 24.0. The molecular formula is C25H19Cl2IN2O3. The molecule has 0 fully saturated rings. The van der Waals surface area contributed by atoms with Crippen LogP contribution in [0.1, 0.15) is 16.7 Å². The lowest BCUT2D eigenvalue weighted by Gasteiger charge is -2.14. The number of carbonyl (C=O) groups is 1. The molecule has 1 amide bonds. The standard InChI is InChI=1S/C25H19Cl2IN2O3/c1-15-4-3-5-19(8-15)30-24(31)14-33-25-22(28)10-16(11-23(25)32-2)9-17(13-29)20-7-6-18(26)12-21(20)27/h3-12H,14H2,1-2H3,(H,30,31)/b17-9+. The first-order valence-corrected chi connectivity index (χ1v) is 11.6. The van der Waals surface area contributed by atoms with Gasteiger partial charge in [0.15, 0.2) is 18.1 Å². The first-order chi connectivity index (χ1) is 15.8. The van der Waals surface area contributed by atoms with E-state index in [1.54, 1.807) is 30.3 Å². The molecule has 0 heterocycles. The number of anilines is 1. The van der Waals surface area contributed by atoms with Gasteiger partial charge in [-0.2, -0.15) is 5.26 Å². The highest BCUT2D eigenvalue weighted by atomic mass is 127. The monoisotopic (exact) mass is 592 g/mol. The smallest absolute Gasteiger partial charge is 0.262 e. The van der Waals surface area contributed by atoms with Gasteiger partial charge in [-0.05, 0) is 83.1 Å². The van der Waals surface area contributed by atoms with Crippen molar-refractivity contribution in [1.29, 1.82) is 5.26 Å². The Labute approximate surface area is 216 Å². The number of carbonyl (C=O) groups excluding carboxylic acids is 1. The maximum Gasteiger partial charge on any atom is 0.262 e. The second kappa shape index (κ2) is 11.4. The normalized spacial score (nSPS) is 11.0. The van der Waals surface area contributed by atoms with Crippen LogP contribution in [-0.2, 0) is 4.79 Å². The number of halogens is 3. The van der Waals surface area contributed by atoms with Crippen LogP contribution in [0.2, 0.25) is 10.0 Å². The number of allylic oxidation sites excluding steroid dienone is 1. The molecule has 0 bridgehead atoms. The Bertz CT molecular complexity index is 1270. The van der Waals surface area contributed by atoms with E-state index in [0.717, 1.165) is 14.7 Å². The molecule has 8 heteroatoms. The molecule has 0 saturated heterocycles. The van der Waals surface area contributed by atoms with Gasteiger partial charge in [-0.3, -0.25) is 4.79 Å². The van der Waals surface area contributed by atoms with Crippen molar-refractivity contribution < 1.29 is 14.3 Å². The van der Waals surface area contributed by atoms with E-state index in [-0.39, 0.29) is 12.5 Å². The van der Waals surface area contributed by atoms with E-state index in [0.29, 0.717) is 38.4 Å². The van der Waals surface area contributed by atoms with Gasteiger partial charge in [0.25, 0.3) is 5.91 Å². The number of nitrogens with zero attached hydrogens (tertiary/aromatic N) is 1. The summed E-state index contributed by atoms with van der Waals surface area (Å²) in [5, 5.41) is 13.3. The van der Waals surface area contributed by atoms with Crippen LogP contribution in [0, 0.1) is 21.8 Å². The third-order valence-corrected chi connectivity index (χ3v) is 5.90. The maximum atomic E-state index is 12.3. The topological polar surface area (TPSA) is 71.3 Å². The highest BCUT2D eigenvalue weighted by Crippen LogP contribution is 2.36. The summed E-state index contributed by atoms with van der Waals surface area (Å²) in [6.45, 7) is 1.77. The fraction of sp³-hybridized carbons (Fsp3) is 0.120. The number of hydrogen-bond acceptors (Lipinski definition) is 4. The van der Waals surface area contributed by atoms with Gasteiger partial charge in [-0.1, -0.05) is 41.4 Å². The molecule has 0 aliphatic rings. The summed E-state index contributed by atoms with van der Waals surface area (Å²) in [5.74, 6) is 0.597. The van der Waals surface area contributed by atoms with E-state index in [2.05, 4.69) is 34.0 Å². The SMILES string of the molecule is COc1cc(/C=C(\C#N)c2ccc(Cl)cc2Cl)cc(I)c1OCC(=O)Nc1cccc(C)c1. The van der Waals surface area contributed by atoms with Gasteiger partial charge >= 0.3 is 0 Å². The minimum atomic E-state index is -0.286. The number of aryl methyl sites for hydroxylation is 1. The zero-order valence-electron chi connectivity index (χ0n) is 17.8. The van der Waals surface area contributed by atoms with Crippen molar-refractivity contribution in [2.45, 2.75) is 6.92 Å². The Morgan fingerprint density at radius 1 is 1.18 bits per heavy atom. The van der Waals surface area contributed by atoms with Gasteiger partial charge < -0.3 is 14.8 Å². The summed E-state index contributed by atoms with van der Waals surface area (Å²) in [7, 11) is 1.51. The molecule has 0 aliphatic heterocycles. The summed E-state index contributed by atoms with van der Waals surface area (Å²) >= 11 is 14.3. The summed E-state index contributed by atoms with van der Waals surface area (Å²) in [4.78, 5) is 12.3. The predicted octanol–water partition coefficient (Wildman–Crippen LogP) is 7.00. The fourth-order valence-corrected chi connectivity index (χ4v) is 4.36. The van der Waals surface area contributed by atoms with E-state index in [4.69, 9.17) is 32.7 Å². The molecule has 0 atom stereocenters. The average Bonchev–Trinajstić information content (AvgIpc) is 2.76. The Hall–Kier alpha value is -2.73. The quantitative estimate of drug-likeness (QED) is 0.182. The molecule has 1 N–H and O–H groups in total. The molecule has 3 aromatic carbocycles. The van der Waals surface area contributed by atoms with Crippen LogP contribution in [0.15, 0.2) is 54.6 Å². The Balaban J connectivity index is 1.81. The van der Waals surface area contributed by atoms with Crippen molar-refractivity contribution in [3.63, 3.8) is 0 Å². The molecular weight excluding hydrogens is 574 g/mol. The number of benzene rings is 3. The van der Waals surface area contributed by atoms with E-state index >= 15 is 0 Å². The summed E-state index contributed by atoms with van der Waals surface area (Å²) < 4.78 is 12.0. The first-order valence-electron chi connectivity index (χ1n) is 9.74. The fourth-order valence-electron chi connectivity index (χ4n) is 3.07. The second-order valence-electron chi connectivity index (χ2n) is 7.03. The van der Waals surface area contributed by atoms with Gasteiger partial charge in [0.2, 0.25) is 0 Å². The zero-order valence-corrected chi connectivity index (χ0v) is 21.5. The number of ether oxygens (including phenoxy) is 2. The lowest BCUT2D eigenvalue weighted by atomic mass is 10.0. The van der Waals surface area contributed by atoms with Gasteiger partial charge in [0.05, 0.1) is 27.3 Å². The number of hydrogen-bond donors (Lipinski definition) is 1. The second-order valence-corrected chi connectivity index (χ2v) is 9.04. The summed E-state index contributed by atoms with van der Waals surface area (Å²) in [5.41, 5.74) is 3.42. The molecule has 3 rings (SSSR count). The molecule has 0 aromatic heterocycles. The minimum Gasteiger partial charge on any atom is -0.493 e. The van der Waals surface area contributed by atoms with Gasteiger partial charge in [0.1, 0.15) is 0 Å². The molecule has 0 spiro atoms. The van der Waals surface area contributed by atoms with Crippen LogP contribution in [0.3, 0.4) is 0 Å². The Morgan fingerprint density at radius 3 is 2.64 bits per heavy atom. The number of methoxy groups -OCH3 is 1. The van der Waals surface area contributed by atoms with Crippen molar-refractivity contribution in [1.82, 2.24) is 0 Å². The van der Waals surface area contributed by atoms with Crippen LogP contribution in [0.4, 0.5) is 5.69 Å². The van der Waals surface area contributed by atoms with Gasteiger partial charge in [-0.15, -0.1) is 0 Å². The first kappa shape index (κ1) is 24.9. The molecule has 0 aliphatic carbocycles. The van der Waals surface area contributed by atoms with Gasteiger partial charge in [0, 0.05) is 16.3 Å². The predicted molar refractivity (Wildman–Crippen MR) is 141 cm³/mol. The molecule has 0 saturated carbocycles. The largest absolute Gasteiger partial charge is 0.493 e. The highest BCUT2D eigenvalue weighted by molar-refractivity contribution is 14.1. The third kappa shape index (κ3) is 6.64. The maximum absolute atomic E-state index is 12.3. The van der Waals surface area contributed by atoms with Crippen LogP contribution >= 0.6 is 45.8 Å². The van der Waals surface area contributed by atoms with Crippen LogP contribution in [0.25, 0.3) is 11.6 Å². The number of amides is 1. The van der Waals surface area contributed by atoms with Crippen LogP contribution < -0.4 is 14.8 Å². The van der Waals surface area contributed by atoms with Crippen molar-refractivity contribution in [3.05, 3.63) is 84.9 Å². The molecule has 3 aromatic rings. The van der Waals surface area contributed by atoms with E-state index in [9.17, 15) is 10.1 Å². The number of nitrogens with one attached hydrogen (secondary N) is 1. The third-order valence-electron chi connectivity index (χ3n) is 4.55. The highest BCUT2D eigenvalue weighted by Gasteiger charge is 2.15. The van der Waals surface area contributed by atoms with E-state index in [1.165, 1.54) is 7.11 Å². The van der Waals surface area contributed by atoms with Crippen molar-refractivity contribution in [2.75, 3.05) is 19.0 Å². The van der Waals surface area contributed by atoms with E-state index < -0.39 is 0 Å². The number of nitriles is 1. The van der Waals surface area contributed by atoms with Crippen molar-refractivity contribution in [3.8, 4) is 17.6 Å². The Morgan fingerprint density at radius 2 is 1.97 bits per heavy atom. The Kier molecular flexibility index (Phi) is 8.61. The number of rotatable bonds is 7. The molecule has 33 heavy (non-hydrogen) atoms. The molecule has 168 valence electrons. The molecule has 5 nitrogen and oxygen atoms in total. The summed E-state index contributed by atoms with van der Waals surface area (Å²) in [6, 6.07) is 18.2. The van der Waals surface area contributed by atoms with Gasteiger partial charge in [-0.25, -0.2) is 0 Å². The average molecular weight is 593 g/mol. The molecule has 0 radical (unpaired) electrons. The lowest BCUT2D eigenvalue weighted by molar-refractivity contribution is -0.118. The van der Waals surface area contributed by atoms with Crippen molar-refractivity contribution in [2.24, 2.45) is 0 Å². The van der Waals surface area contributed by atoms with Crippen LogP contribution in [0.5, 0.6) is 11.5 Å². The summed E-state index contributed by atoms with van der Waals surface area (Å²) in [6.07, 6.45) is 1.70. The molecule has 0 unspecified atom stereocenters. The van der Waals surface area contributed by atoms with E-state index in [1.807, 2.05) is 37.3 Å².